The van der Waals surface area contributed by atoms with Gasteiger partial charge in [0.05, 0.1) is 11.2 Å². The Morgan fingerprint density at radius 3 is 2.59 bits per heavy atom. The molecule has 0 atom stereocenters. The molecule has 1 amide bonds. The second-order valence-corrected chi connectivity index (χ2v) is 7.79. The molecule has 144 valence electrons. The van der Waals surface area contributed by atoms with Crippen molar-refractivity contribution in [2.75, 3.05) is 31.2 Å². The molecule has 0 radical (unpaired) electrons. The topological polar surface area (TPSA) is 67.4 Å². The predicted molar refractivity (Wildman–Crippen MR) is 106 cm³/mol. The zero-order valence-electron chi connectivity index (χ0n) is 16.2. The average molecular weight is 368 g/mol. The van der Waals surface area contributed by atoms with Crippen LogP contribution in [0.25, 0.3) is 10.9 Å². The highest BCUT2D eigenvalue weighted by atomic mass is 16.5. The van der Waals surface area contributed by atoms with E-state index in [1.807, 2.05) is 6.92 Å². The van der Waals surface area contributed by atoms with Crippen LogP contribution in [0.1, 0.15) is 36.9 Å². The molecule has 1 N–H and O–H groups in total. The Morgan fingerprint density at radius 2 is 1.85 bits per heavy atom. The summed E-state index contributed by atoms with van der Waals surface area (Å²) in [7, 11) is 0. The predicted octanol–water partition coefficient (Wildman–Crippen LogP) is 2.76. The fourth-order valence-electron chi connectivity index (χ4n) is 4.03. The zero-order chi connectivity index (χ0) is 18.8. The standard InChI is InChI=1S/C21H28N4O2/c1-14-3-4-18-15(2)22-21(24-19(18)13-14)25-9-5-16(6-10-25)20(26)23-17-7-11-27-12-8-17/h3-4,13,16-17H,5-12H2,1-2H3,(H,23,26). The summed E-state index contributed by atoms with van der Waals surface area (Å²) in [5.74, 6) is 1.08. The van der Waals surface area contributed by atoms with Gasteiger partial charge in [-0.15, -0.1) is 0 Å². The number of nitrogens with one attached hydrogen (secondary N) is 1. The molecule has 2 aromatic rings. The van der Waals surface area contributed by atoms with E-state index in [9.17, 15) is 4.79 Å². The molecular weight excluding hydrogens is 340 g/mol. The number of amides is 1. The van der Waals surface area contributed by atoms with Gasteiger partial charge in [-0.2, -0.15) is 0 Å². The Bertz CT molecular complexity index is 824. The number of ether oxygens (including phenoxy) is 1. The summed E-state index contributed by atoms with van der Waals surface area (Å²) in [6.45, 7) is 7.27. The maximum absolute atomic E-state index is 12.6. The molecule has 2 saturated heterocycles. The number of hydrogen-bond acceptors (Lipinski definition) is 5. The van der Waals surface area contributed by atoms with Gasteiger partial charge in [0.1, 0.15) is 0 Å². The van der Waals surface area contributed by atoms with Gasteiger partial charge in [-0.3, -0.25) is 4.79 Å². The van der Waals surface area contributed by atoms with Crippen molar-refractivity contribution in [2.45, 2.75) is 45.6 Å². The molecule has 4 rings (SSSR count). The van der Waals surface area contributed by atoms with E-state index in [1.54, 1.807) is 0 Å². The van der Waals surface area contributed by atoms with E-state index >= 15 is 0 Å². The molecule has 0 bridgehead atoms. The van der Waals surface area contributed by atoms with Crippen LogP contribution in [0, 0.1) is 19.8 Å². The van der Waals surface area contributed by atoms with E-state index in [1.165, 1.54) is 5.56 Å². The zero-order valence-corrected chi connectivity index (χ0v) is 16.2. The molecule has 0 spiro atoms. The first-order valence-corrected chi connectivity index (χ1v) is 9.98. The van der Waals surface area contributed by atoms with E-state index in [2.05, 4.69) is 35.3 Å². The highest BCUT2D eigenvalue weighted by Crippen LogP contribution is 2.25. The summed E-state index contributed by atoms with van der Waals surface area (Å²) in [6.07, 6.45) is 3.55. The quantitative estimate of drug-likeness (QED) is 0.902. The van der Waals surface area contributed by atoms with Crippen LogP contribution in [0.2, 0.25) is 0 Å². The van der Waals surface area contributed by atoms with Crippen molar-refractivity contribution < 1.29 is 9.53 Å². The van der Waals surface area contributed by atoms with Gasteiger partial charge in [0.25, 0.3) is 0 Å². The maximum Gasteiger partial charge on any atom is 0.226 e. The minimum absolute atomic E-state index is 0.0906. The first kappa shape index (κ1) is 18.2. The van der Waals surface area contributed by atoms with Crippen LogP contribution >= 0.6 is 0 Å². The highest BCUT2D eigenvalue weighted by molar-refractivity contribution is 5.82. The molecule has 3 heterocycles. The van der Waals surface area contributed by atoms with E-state index < -0.39 is 0 Å². The van der Waals surface area contributed by atoms with Crippen molar-refractivity contribution in [3.8, 4) is 0 Å². The van der Waals surface area contributed by atoms with Gasteiger partial charge in [-0.25, -0.2) is 9.97 Å². The largest absolute Gasteiger partial charge is 0.381 e. The van der Waals surface area contributed by atoms with Crippen molar-refractivity contribution in [1.82, 2.24) is 15.3 Å². The number of benzene rings is 1. The molecule has 6 heteroatoms. The summed E-state index contributed by atoms with van der Waals surface area (Å²) in [5, 5.41) is 4.32. The normalized spacial score (nSPS) is 19.4. The van der Waals surface area contributed by atoms with Crippen LogP contribution in [-0.4, -0.2) is 48.2 Å². The summed E-state index contributed by atoms with van der Waals surface area (Å²) in [5.41, 5.74) is 3.21. The fraction of sp³-hybridized carbons (Fsp3) is 0.571. The molecule has 1 aromatic carbocycles. The number of carbonyl (C=O) groups is 1. The fourth-order valence-corrected chi connectivity index (χ4v) is 4.03. The molecule has 0 unspecified atom stereocenters. The lowest BCUT2D eigenvalue weighted by Crippen LogP contribution is -2.45. The Balaban J connectivity index is 1.40. The molecule has 0 saturated carbocycles. The van der Waals surface area contributed by atoms with Crippen LogP contribution in [0.3, 0.4) is 0 Å². The summed E-state index contributed by atoms with van der Waals surface area (Å²) < 4.78 is 5.37. The number of rotatable bonds is 3. The van der Waals surface area contributed by atoms with E-state index in [4.69, 9.17) is 14.7 Å². The first-order chi connectivity index (χ1) is 13.1. The molecule has 1 aromatic heterocycles. The van der Waals surface area contributed by atoms with Gasteiger partial charge in [0.15, 0.2) is 0 Å². The Morgan fingerprint density at radius 1 is 1.11 bits per heavy atom. The molecule has 27 heavy (non-hydrogen) atoms. The molecule has 6 nitrogen and oxygen atoms in total. The third-order valence-electron chi connectivity index (χ3n) is 5.75. The van der Waals surface area contributed by atoms with Crippen molar-refractivity contribution in [3.63, 3.8) is 0 Å². The molecule has 2 fully saturated rings. The van der Waals surface area contributed by atoms with Crippen molar-refractivity contribution in [2.24, 2.45) is 5.92 Å². The SMILES string of the molecule is Cc1ccc2c(C)nc(N3CCC(C(=O)NC4CCOCC4)CC3)nc2c1. The molecule has 2 aliphatic heterocycles. The van der Waals surface area contributed by atoms with E-state index in [0.29, 0.717) is 0 Å². The summed E-state index contributed by atoms with van der Waals surface area (Å²) >= 11 is 0. The van der Waals surface area contributed by atoms with Gasteiger partial charge >= 0.3 is 0 Å². The third kappa shape index (κ3) is 4.05. The number of fused-ring (bicyclic) bond motifs is 1. The Kier molecular flexibility index (Phi) is 5.25. The first-order valence-electron chi connectivity index (χ1n) is 9.98. The third-order valence-corrected chi connectivity index (χ3v) is 5.75. The number of aryl methyl sites for hydroxylation is 2. The van der Waals surface area contributed by atoms with Gasteiger partial charge in [0.2, 0.25) is 11.9 Å². The molecule has 2 aliphatic rings. The Hall–Kier alpha value is -2.21. The second-order valence-electron chi connectivity index (χ2n) is 7.79. The van der Waals surface area contributed by atoms with Crippen molar-refractivity contribution in [3.05, 3.63) is 29.5 Å². The average Bonchev–Trinajstić information content (AvgIpc) is 2.68. The van der Waals surface area contributed by atoms with Crippen molar-refractivity contribution >= 4 is 22.8 Å². The van der Waals surface area contributed by atoms with E-state index in [0.717, 1.165) is 74.5 Å². The monoisotopic (exact) mass is 368 g/mol. The van der Waals surface area contributed by atoms with Crippen LogP contribution < -0.4 is 10.2 Å². The maximum atomic E-state index is 12.6. The number of piperidine rings is 1. The smallest absolute Gasteiger partial charge is 0.226 e. The minimum atomic E-state index is 0.0906. The lowest BCUT2D eigenvalue weighted by atomic mass is 9.95. The molecule has 0 aliphatic carbocycles. The number of hydrogen-bond donors (Lipinski definition) is 1. The van der Waals surface area contributed by atoms with Crippen LogP contribution in [0.5, 0.6) is 0 Å². The number of carbonyl (C=O) groups excluding carboxylic acids is 1. The number of anilines is 1. The minimum Gasteiger partial charge on any atom is -0.381 e. The second kappa shape index (κ2) is 7.80. The summed E-state index contributed by atoms with van der Waals surface area (Å²) in [4.78, 5) is 24.3. The van der Waals surface area contributed by atoms with Gasteiger partial charge in [-0.1, -0.05) is 12.1 Å². The van der Waals surface area contributed by atoms with Crippen LogP contribution in [0.4, 0.5) is 5.95 Å². The van der Waals surface area contributed by atoms with Gasteiger partial charge < -0.3 is 15.0 Å². The number of aromatic nitrogens is 2. The number of nitrogens with zero attached hydrogens (tertiary/aromatic N) is 3. The van der Waals surface area contributed by atoms with Gasteiger partial charge in [0, 0.05) is 43.6 Å². The van der Waals surface area contributed by atoms with E-state index in [-0.39, 0.29) is 17.9 Å². The lowest BCUT2D eigenvalue weighted by molar-refractivity contribution is -0.126. The highest BCUT2D eigenvalue weighted by Gasteiger charge is 2.28. The Labute approximate surface area is 160 Å². The van der Waals surface area contributed by atoms with Crippen LogP contribution in [-0.2, 0) is 9.53 Å². The summed E-state index contributed by atoms with van der Waals surface area (Å²) in [6, 6.07) is 6.58. The lowest BCUT2D eigenvalue weighted by Gasteiger charge is -2.33. The molecular formula is C21H28N4O2. The van der Waals surface area contributed by atoms with Crippen LogP contribution in [0.15, 0.2) is 18.2 Å². The van der Waals surface area contributed by atoms with Gasteiger partial charge in [-0.05, 0) is 51.2 Å². The van der Waals surface area contributed by atoms with Crippen molar-refractivity contribution in [1.29, 1.82) is 0 Å².